The number of nitrogens with one attached hydrogen (secondary N) is 1. The topological polar surface area (TPSA) is 90.3 Å². The highest BCUT2D eigenvalue weighted by Gasteiger charge is 2.24. The maximum atomic E-state index is 12.8. The van der Waals surface area contributed by atoms with E-state index < -0.39 is 10.0 Å². The van der Waals surface area contributed by atoms with E-state index in [1.807, 2.05) is 6.26 Å². The second kappa shape index (κ2) is 8.67. The van der Waals surface area contributed by atoms with Gasteiger partial charge in [0.1, 0.15) is 0 Å². The highest BCUT2D eigenvalue weighted by atomic mass is 32.2. The van der Waals surface area contributed by atoms with E-state index in [1.54, 1.807) is 35.2 Å². The minimum Gasteiger partial charge on any atom is -0.339 e. The lowest BCUT2D eigenvalue weighted by molar-refractivity contribution is 0.0789. The summed E-state index contributed by atoms with van der Waals surface area (Å²) in [4.78, 5) is 15.4. The van der Waals surface area contributed by atoms with Crippen LogP contribution in [-0.4, -0.2) is 38.6 Å². The number of rotatable bonds is 6. The average Bonchev–Trinajstić information content (AvgIpc) is 3.23. The first-order valence-corrected chi connectivity index (χ1v) is 11.6. The lowest BCUT2D eigenvalue weighted by Gasteiger charge is -2.18. The third kappa shape index (κ3) is 4.49. The SMILES string of the molecule is CSc1ccc(S(=O)(=O)Nc2ccc(CC#N)cc2)cc1C(=O)N1CCCC1. The van der Waals surface area contributed by atoms with Crippen molar-refractivity contribution in [1.82, 2.24) is 4.90 Å². The number of hydrogen-bond acceptors (Lipinski definition) is 5. The van der Waals surface area contributed by atoms with Gasteiger partial charge < -0.3 is 4.90 Å². The average molecular weight is 416 g/mol. The van der Waals surface area contributed by atoms with Crippen LogP contribution >= 0.6 is 11.8 Å². The van der Waals surface area contributed by atoms with Crippen LogP contribution in [-0.2, 0) is 16.4 Å². The third-order valence-corrected chi connectivity index (χ3v) is 6.77. The van der Waals surface area contributed by atoms with Gasteiger partial charge in [-0.25, -0.2) is 8.42 Å². The van der Waals surface area contributed by atoms with Crippen LogP contribution in [0.3, 0.4) is 0 Å². The minimum atomic E-state index is -3.84. The molecule has 1 heterocycles. The first kappa shape index (κ1) is 20.2. The van der Waals surface area contributed by atoms with Crippen LogP contribution in [0.15, 0.2) is 52.3 Å². The Kier molecular flexibility index (Phi) is 6.27. The van der Waals surface area contributed by atoms with Gasteiger partial charge in [-0.1, -0.05) is 12.1 Å². The second-order valence-corrected chi connectivity index (χ2v) is 9.03. The number of carbonyl (C=O) groups excluding carboxylic acids is 1. The van der Waals surface area contributed by atoms with E-state index in [9.17, 15) is 13.2 Å². The number of sulfonamides is 1. The summed E-state index contributed by atoms with van der Waals surface area (Å²) in [5.41, 5.74) is 1.64. The van der Waals surface area contributed by atoms with Crippen molar-refractivity contribution in [3.8, 4) is 6.07 Å². The monoisotopic (exact) mass is 415 g/mol. The number of thioether (sulfide) groups is 1. The number of anilines is 1. The van der Waals surface area contributed by atoms with Crippen molar-refractivity contribution < 1.29 is 13.2 Å². The third-order valence-electron chi connectivity index (χ3n) is 4.59. The van der Waals surface area contributed by atoms with Gasteiger partial charge in [0.25, 0.3) is 15.9 Å². The zero-order valence-corrected chi connectivity index (χ0v) is 17.1. The largest absolute Gasteiger partial charge is 0.339 e. The maximum Gasteiger partial charge on any atom is 0.261 e. The Morgan fingerprint density at radius 2 is 1.86 bits per heavy atom. The van der Waals surface area contributed by atoms with Gasteiger partial charge in [0.15, 0.2) is 0 Å². The number of nitriles is 1. The predicted molar refractivity (Wildman–Crippen MR) is 110 cm³/mol. The van der Waals surface area contributed by atoms with Crippen molar-refractivity contribution in [1.29, 1.82) is 5.26 Å². The van der Waals surface area contributed by atoms with Gasteiger partial charge in [-0.05, 0) is 55.0 Å². The first-order valence-electron chi connectivity index (χ1n) is 8.90. The summed E-state index contributed by atoms with van der Waals surface area (Å²) in [6.45, 7) is 1.41. The molecule has 0 atom stereocenters. The normalized spacial score (nSPS) is 13.9. The van der Waals surface area contributed by atoms with Crippen molar-refractivity contribution >= 4 is 33.4 Å². The van der Waals surface area contributed by atoms with Gasteiger partial charge in [0.2, 0.25) is 0 Å². The van der Waals surface area contributed by atoms with Gasteiger partial charge >= 0.3 is 0 Å². The molecule has 8 heteroatoms. The summed E-state index contributed by atoms with van der Waals surface area (Å²) in [7, 11) is -3.84. The standard InChI is InChI=1S/C20H21N3O3S2/c1-27-19-9-8-17(14-18(19)20(24)23-12-2-3-13-23)28(25,26)22-16-6-4-15(5-7-16)10-11-21/h4-9,14,22H,2-3,10,12-13H2,1H3. The summed E-state index contributed by atoms with van der Waals surface area (Å²) < 4.78 is 28.2. The van der Waals surface area contributed by atoms with Crippen LogP contribution in [0.1, 0.15) is 28.8 Å². The zero-order valence-electron chi connectivity index (χ0n) is 15.5. The molecule has 6 nitrogen and oxygen atoms in total. The zero-order chi connectivity index (χ0) is 20.1. The van der Waals surface area contributed by atoms with Gasteiger partial charge in [0, 0.05) is 23.7 Å². The Labute approximate surface area is 169 Å². The summed E-state index contributed by atoms with van der Waals surface area (Å²) in [6, 6.07) is 13.4. The van der Waals surface area contributed by atoms with Crippen LogP contribution in [0.5, 0.6) is 0 Å². The Morgan fingerprint density at radius 1 is 1.18 bits per heavy atom. The number of benzene rings is 2. The molecule has 1 saturated heterocycles. The molecule has 0 unspecified atom stereocenters. The van der Waals surface area contributed by atoms with Crippen LogP contribution in [0.2, 0.25) is 0 Å². The number of nitrogens with zero attached hydrogens (tertiary/aromatic N) is 2. The van der Waals surface area contributed by atoms with Gasteiger partial charge in [0.05, 0.1) is 22.9 Å². The van der Waals surface area contributed by atoms with Gasteiger partial charge in [-0.3, -0.25) is 9.52 Å². The van der Waals surface area contributed by atoms with E-state index in [4.69, 9.17) is 5.26 Å². The van der Waals surface area contributed by atoms with Crippen LogP contribution in [0, 0.1) is 11.3 Å². The van der Waals surface area contributed by atoms with E-state index in [2.05, 4.69) is 10.8 Å². The molecule has 1 fully saturated rings. The number of likely N-dealkylation sites (tertiary alicyclic amines) is 1. The highest BCUT2D eigenvalue weighted by Crippen LogP contribution is 2.27. The fraction of sp³-hybridized carbons (Fsp3) is 0.300. The smallest absolute Gasteiger partial charge is 0.261 e. The Balaban J connectivity index is 1.88. The van der Waals surface area contributed by atoms with E-state index in [0.717, 1.165) is 23.3 Å². The molecular formula is C20H21N3O3S2. The highest BCUT2D eigenvalue weighted by molar-refractivity contribution is 7.98. The summed E-state index contributed by atoms with van der Waals surface area (Å²) in [5.74, 6) is -0.125. The molecule has 146 valence electrons. The molecule has 0 aromatic heterocycles. The molecule has 1 aliphatic heterocycles. The predicted octanol–water partition coefficient (Wildman–Crippen LogP) is 3.51. The molecule has 1 aliphatic rings. The quantitative estimate of drug-likeness (QED) is 0.729. The molecule has 3 rings (SSSR count). The molecule has 0 spiro atoms. The molecule has 0 bridgehead atoms. The maximum absolute atomic E-state index is 12.8. The van der Waals surface area contributed by atoms with Crippen molar-refractivity contribution in [2.24, 2.45) is 0 Å². The van der Waals surface area contributed by atoms with Crippen molar-refractivity contribution in [3.05, 3.63) is 53.6 Å². The number of hydrogen-bond donors (Lipinski definition) is 1. The van der Waals surface area contributed by atoms with Crippen LogP contribution in [0.25, 0.3) is 0 Å². The van der Waals surface area contributed by atoms with E-state index in [1.165, 1.54) is 23.9 Å². The minimum absolute atomic E-state index is 0.0500. The lowest BCUT2D eigenvalue weighted by atomic mass is 10.1. The molecule has 1 amide bonds. The lowest BCUT2D eigenvalue weighted by Crippen LogP contribution is -2.28. The molecule has 2 aromatic rings. The summed E-state index contributed by atoms with van der Waals surface area (Å²) >= 11 is 1.42. The van der Waals surface area contributed by atoms with Crippen LogP contribution in [0.4, 0.5) is 5.69 Å². The summed E-state index contributed by atoms with van der Waals surface area (Å²) in [6.07, 6.45) is 4.08. The molecule has 1 N–H and O–H groups in total. The molecular weight excluding hydrogens is 394 g/mol. The van der Waals surface area contributed by atoms with Gasteiger partial charge in [-0.15, -0.1) is 11.8 Å². The summed E-state index contributed by atoms with van der Waals surface area (Å²) in [5, 5.41) is 8.72. The molecule has 0 radical (unpaired) electrons. The van der Waals surface area contributed by atoms with E-state index in [0.29, 0.717) is 24.3 Å². The fourth-order valence-corrected chi connectivity index (χ4v) is 4.76. The Morgan fingerprint density at radius 3 is 2.46 bits per heavy atom. The molecule has 2 aromatic carbocycles. The van der Waals surface area contributed by atoms with E-state index >= 15 is 0 Å². The molecule has 0 saturated carbocycles. The number of carbonyl (C=O) groups is 1. The Bertz CT molecular complexity index is 1010. The van der Waals surface area contributed by atoms with Crippen molar-refractivity contribution in [2.45, 2.75) is 29.1 Å². The van der Waals surface area contributed by atoms with Crippen LogP contribution < -0.4 is 4.72 Å². The second-order valence-electron chi connectivity index (χ2n) is 6.50. The Hall–Kier alpha value is -2.50. The molecule has 28 heavy (non-hydrogen) atoms. The fourth-order valence-electron chi connectivity index (χ4n) is 3.11. The van der Waals surface area contributed by atoms with Crippen molar-refractivity contribution in [3.63, 3.8) is 0 Å². The van der Waals surface area contributed by atoms with E-state index in [-0.39, 0.29) is 17.2 Å². The van der Waals surface area contributed by atoms with Crippen molar-refractivity contribution in [2.75, 3.05) is 24.1 Å². The molecule has 0 aliphatic carbocycles. The first-order chi connectivity index (χ1) is 13.4. The number of amides is 1. The van der Waals surface area contributed by atoms with Gasteiger partial charge in [-0.2, -0.15) is 5.26 Å².